The summed E-state index contributed by atoms with van der Waals surface area (Å²) in [5.41, 5.74) is 1.62. The minimum Gasteiger partial charge on any atom is -0.333 e. The van der Waals surface area contributed by atoms with Crippen molar-refractivity contribution in [2.24, 2.45) is 0 Å². The van der Waals surface area contributed by atoms with Crippen LogP contribution in [-0.4, -0.2) is 46.3 Å². The molecular weight excluding hydrogens is 240 g/mol. The molecule has 1 aromatic heterocycles. The summed E-state index contributed by atoms with van der Waals surface area (Å²) in [5.74, 6) is 0.110. The van der Waals surface area contributed by atoms with Crippen LogP contribution in [0.15, 0.2) is 6.07 Å². The number of piperidine rings is 1. The number of rotatable bonds is 4. The minimum atomic E-state index is 0.110. The van der Waals surface area contributed by atoms with Crippen LogP contribution in [0.1, 0.15) is 42.9 Å². The van der Waals surface area contributed by atoms with Crippen molar-refractivity contribution >= 4 is 5.91 Å². The summed E-state index contributed by atoms with van der Waals surface area (Å²) in [4.78, 5) is 14.7. The first-order valence-electron chi connectivity index (χ1n) is 7.23. The molecule has 1 aliphatic heterocycles. The van der Waals surface area contributed by atoms with E-state index < -0.39 is 0 Å². The van der Waals surface area contributed by atoms with Gasteiger partial charge in [0, 0.05) is 25.7 Å². The molecule has 0 spiro atoms. The molecule has 19 heavy (non-hydrogen) atoms. The standard InChI is InChI=1S/C14H24N4O/c1-4-17(12-7-6-8-15-10-12)14(19)13-9-11(3)16-18(13)5-2/h9,12,15H,4-8,10H2,1-3H3. The average Bonchev–Trinajstić information content (AvgIpc) is 2.82. The van der Waals surface area contributed by atoms with Crippen LogP contribution in [0.4, 0.5) is 0 Å². The molecule has 1 atom stereocenters. The Balaban J connectivity index is 2.19. The predicted octanol–water partition coefficient (Wildman–Crippen LogP) is 1.43. The number of likely N-dealkylation sites (N-methyl/N-ethyl adjacent to an activating group) is 1. The van der Waals surface area contributed by atoms with Gasteiger partial charge in [-0.15, -0.1) is 0 Å². The Bertz CT molecular complexity index is 435. The average molecular weight is 264 g/mol. The van der Waals surface area contributed by atoms with Gasteiger partial charge in [0.25, 0.3) is 5.91 Å². The SMILES string of the molecule is CCN(C(=O)c1cc(C)nn1CC)C1CCCNC1. The first kappa shape index (κ1) is 14.1. The van der Waals surface area contributed by atoms with Crippen LogP contribution in [0.25, 0.3) is 0 Å². The maximum absolute atomic E-state index is 12.7. The lowest BCUT2D eigenvalue weighted by atomic mass is 10.1. The fourth-order valence-electron chi connectivity index (χ4n) is 2.77. The molecule has 0 saturated carbocycles. The van der Waals surface area contributed by atoms with Gasteiger partial charge < -0.3 is 10.2 Å². The van der Waals surface area contributed by atoms with Crippen LogP contribution in [0.2, 0.25) is 0 Å². The van der Waals surface area contributed by atoms with E-state index in [0.717, 1.165) is 44.7 Å². The second-order valence-corrected chi connectivity index (χ2v) is 5.08. The molecule has 106 valence electrons. The van der Waals surface area contributed by atoms with E-state index in [1.54, 1.807) is 4.68 Å². The van der Waals surface area contributed by atoms with Gasteiger partial charge >= 0.3 is 0 Å². The first-order chi connectivity index (χ1) is 9.17. The molecule has 2 heterocycles. The zero-order chi connectivity index (χ0) is 13.8. The monoisotopic (exact) mass is 264 g/mol. The quantitative estimate of drug-likeness (QED) is 0.895. The van der Waals surface area contributed by atoms with E-state index in [-0.39, 0.29) is 5.91 Å². The number of hydrogen-bond acceptors (Lipinski definition) is 3. The molecule has 2 rings (SSSR count). The van der Waals surface area contributed by atoms with Gasteiger partial charge in [0.05, 0.1) is 5.69 Å². The summed E-state index contributed by atoms with van der Waals surface area (Å²) in [6.07, 6.45) is 2.23. The molecular formula is C14H24N4O. The highest BCUT2D eigenvalue weighted by atomic mass is 16.2. The molecule has 0 aliphatic carbocycles. The van der Waals surface area contributed by atoms with Crippen LogP contribution in [0.5, 0.6) is 0 Å². The van der Waals surface area contributed by atoms with Gasteiger partial charge in [0.15, 0.2) is 0 Å². The van der Waals surface area contributed by atoms with Crippen LogP contribution in [0, 0.1) is 6.92 Å². The van der Waals surface area contributed by atoms with Crippen LogP contribution >= 0.6 is 0 Å². The van der Waals surface area contributed by atoms with Crippen molar-refractivity contribution in [1.29, 1.82) is 0 Å². The largest absolute Gasteiger partial charge is 0.333 e. The molecule has 5 heteroatoms. The summed E-state index contributed by atoms with van der Waals surface area (Å²) >= 11 is 0. The van der Waals surface area contributed by atoms with Crippen molar-refractivity contribution in [3.8, 4) is 0 Å². The third-order valence-corrected chi connectivity index (χ3v) is 3.73. The number of carbonyl (C=O) groups excluding carboxylic acids is 1. The lowest BCUT2D eigenvalue weighted by Gasteiger charge is -2.34. The Morgan fingerprint density at radius 1 is 1.58 bits per heavy atom. The fourth-order valence-corrected chi connectivity index (χ4v) is 2.77. The topological polar surface area (TPSA) is 50.2 Å². The third kappa shape index (κ3) is 2.97. The number of aryl methyl sites for hydroxylation is 2. The predicted molar refractivity (Wildman–Crippen MR) is 75.2 cm³/mol. The van der Waals surface area contributed by atoms with Crippen molar-refractivity contribution < 1.29 is 4.79 Å². The number of nitrogens with one attached hydrogen (secondary N) is 1. The third-order valence-electron chi connectivity index (χ3n) is 3.73. The van der Waals surface area contributed by atoms with Gasteiger partial charge in [-0.25, -0.2) is 0 Å². The number of carbonyl (C=O) groups is 1. The maximum Gasteiger partial charge on any atom is 0.272 e. The molecule has 1 unspecified atom stereocenters. The number of nitrogens with zero attached hydrogens (tertiary/aromatic N) is 3. The Morgan fingerprint density at radius 2 is 2.37 bits per heavy atom. The highest BCUT2D eigenvalue weighted by molar-refractivity contribution is 5.93. The molecule has 0 radical (unpaired) electrons. The normalized spacial score (nSPS) is 19.4. The molecule has 1 aromatic rings. The Labute approximate surface area is 115 Å². The Morgan fingerprint density at radius 3 is 2.95 bits per heavy atom. The molecule has 5 nitrogen and oxygen atoms in total. The summed E-state index contributed by atoms with van der Waals surface area (Å²) < 4.78 is 1.80. The van der Waals surface area contributed by atoms with Crippen molar-refractivity contribution in [3.05, 3.63) is 17.5 Å². The van der Waals surface area contributed by atoms with E-state index in [1.807, 2.05) is 31.7 Å². The van der Waals surface area contributed by atoms with E-state index in [4.69, 9.17) is 0 Å². The lowest BCUT2D eigenvalue weighted by molar-refractivity contribution is 0.0649. The van der Waals surface area contributed by atoms with Gasteiger partial charge in [-0.2, -0.15) is 5.10 Å². The van der Waals surface area contributed by atoms with Crippen LogP contribution in [-0.2, 0) is 6.54 Å². The second kappa shape index (κ2) is 6.19. The van der Waals surface area contributed by atoms with E-state index >= 15 is 0 Å². The summed E-state index contributed by atoms with van der Waals surface area (Å²) in [5, 5.41) is 7.74. The molecule has 1 saturated heterocycles. The molecule has 1 amide bonds. The zero-order valence-corrected chi connectivity index (χ0v) is 12.1. The summed E-state index contributed by atoms with van der Waals surface area (Å²) in [6, 6.07) is 2.21. The number of amides is 1. The zero-order valence-electron chi connectivity index (χ0n) is 12.1. The molecule has 1 aliphatic rings. The van der Waals surface area contributed by atoms with Gasteiger partial charge in [-0.3, -0.25) is 9.48 Å². The maximum atomic E-state index is 12.7. The molecule has 1 fully saturated rings. The lowest BCUT2D eigenvalue weighted by Crippen LogP contribution is -2.49. The Hall–Kier alpha value is -1.36. The molecule has 1 N–H and O–H groups in total. The fraction of sp³-hybridized carbons (Fsp3) is 0.714. The van der Waals surface area contributed by atoms with Gasteiger partial charge in [-0.05, 0) is 46.2 Å². The van der Waals surface area contributed by atoms with Crippen LogP contribution in [0.3, 0.4) is 0 Å². The minimum absolute atomic E-state index is 0.110. The van der Waals surface area contributed by atoms with Gasteiger partial charge in [-0.1, -0.05) is 0 Å². The van der Waals surface area contributed by atoms with E-state index in [9.17, 15) is 4.79 Å². The highest BCUT2D eigenvalue weighted by Crippen LogP contribution is 2.15. The number of hydrogen-bond donors (Lipinski definition) is 1. The summed E-state index contributed by atoms with van der Waals surface area (Å²) in [7, 11) is 0. The smallest absolute Gasteiger partial charge is 0.272 e. The van der Waals surface area contributed by atoms with Crippen LogP contribution < -0.4 is 5.32 Å². The summed E-state index contributed by atoms with van der Waals surface area (Å²) in [6.45, 7) is 9.44. The van der Waals surface area contributed by atoms with Crippen molar-refractivity contribution in [2.75, 3.05) is 19.6 Å². The van der Waals surface area contributed by atoms with Crippen molar-refractivity contribution in [3.63, 3.8) is 0 Å². The van der Waals surface area contributed by atoms with E-state index in [0.29, 0.717) is 11.7 Å². The molecule has 0 bridgehead atoms. The van der Waals surface area contributed by atoms with Gasteiger partial charge in [0.2, 0.25) is 0 Å². The number of aromatic nitrogens is 2. The first-order valence-corrected chi connectivity index (χ1v) is 7.23. The van der Waals surface area contributed by atoms with Crippen molar-refractivity contribution in [1.82, 2.24) is 20.0 Å². The second-order valence-electron chi connectivity index (χ2n) is 5.08. The Kier molecular flexibility index (Phi) is 4.58. The van der Waals surface area contributed by atoms with E-state index in [2.05, 4.69) is 10.4 Å². The molecule has 0 aromatic carbocycles. The van der Waals surface area contributed by atoms with Gasteiger partial charge in [0.1, 0.15) is 5.69 Å². The van der Waals surface area contributed by atoms with E-state index in [1.165, 1.54) is 0 Å². The highest BCUT2D eigenvalue weighted by Gasteiger charge is 2.27. The van der Waals surface area contributed by atoms with Crippen molar-refractivity contribution in [2.45, 2.75) is 46.2 Å².